The molecule has 1 fully saturated rings. The number of aromatic nitrogens is 1. The van der Waals surface area contributed by atoms with Crippen molar-refractivity contribution in [2.45, 2.75) is 82.0 Å². The van der Waals surface area contributed by atoms with Crippen molar-refractivity contribution in [1.82, 2.24) is 14.8 Å². The Kier molecular flexibility index (Phi) is 11.7. The van der Waals surface area contributed by atoms with E-state index in [-0.39, 0.29) is 12.1 Å². The minimum Gasteiger partial charge on any atom is -0.675 e. The van der Waals surface area contributed by atoms with Crippen LogP contribution in [-0.2, 0) is 0 Å². The van der Waals surface area contributed by atoms with Gasteiger partial charge in [0.25, 0.3) is 0 Å². The highest BCUT2D eigenvalue weighted by atomic mass is 15.2. The number of rotatable bonds is 9. The Bertz CT molecular complexity index is 3580. The number of hydrogen-bond acceptors (Lipinski definition) is 2. The molecule has 0 bridgehead atoms. The van der Waals surface area contributed by atoms with Gasteiger partial charge in [-0.2, -0.15) is 0 Å². The Morgan fingerprint density at radius 2 is 1.43 bits per heavy atom. The van der Waals surface area contributed by atoms with Gasteiger partial charge in [-0.25, -0.2) is 0 Å². The van der Waals surface area contributed by atoms with Crippen LogP contribution in [0.1, 0.15) is 80.5 Å². The van der Waals surface area contributed by atoms with E-state index in [1.165, 1.54) is 89.0 Å². The maximum Gasteiger partial charge on any atom is 0.0588 e. The molecule has 14 rings (SSSR count). The quantitative estimate of drug-likeness (QED) is 0.160. The summed E-state index contributed by atoms with van der Waals surface area (Å²) in [7, 11) is 0. The third-order valence-electron chi connectivity index (χ3n) is 17.3. The average molecular weight is 960 g/mol. The van der Waals surface area contributed by atoms with Gasteiger partial charge < -0.3 is 20.1 Å². The highest BCUT2D eigenvalue weighted by Gasteiger charge is 2.45. The second-order valence-electron chi connectivity index (χ2n) is 21.6. The van der Waals surface area contributed by atoms with Crippen molar-refractivity contribution in [3.8, 4) is 5.69 Å². The van der Waals surface area contributed by atoms with E-state index in [1.807, 2.05) is 0 Å². The van der Waals surface area contributed by atoms with E-state index >= 15 is 0 Å². The van der Waals surface area contributed by atoms with E-state index in [4.69, 9.17) is 5.32 Å². The molecule has 6 aliphatic carbocycles. The predicted molar refractivity (Wildman–Crippen MR) is 309 cm³/mol. The first kappa shape index (κ1) is 45.0. The topological polar surface area (TPSA) is 34.3 Å². The van der Waals surface area contributed by atoms with E-state index in [9.17, 15) is 0 Å². The van der Waals surface area contributed by atoms with Crippen molar-refractivity contribution in [2.24, 2.45) is 17.8 Å². The number of nitrogens with one attached hydrogen (secondary N) is 1. The largest absolute Gasteiger partial charge is 0.675 e. The SMILES string of the molecule is C1=CCCC(C2=CC(C3=CCCC(N4C5=CC=C(c6ccc7c(c6)c6ccccc6n7-c6cccc(C7=CC(C8C=CC=CC8)NC(C8=CC=CCC8)C7)c6)CC5C5C=CC=CC54)=C3)=CC(c3ccccc3)[N-]2)=C1. The molecule has 74 heavy (non-hydrogen) atoms. The van der Waals surface area contributed by atoms with Gasteiger partial charge in [0.2, 0.25) is 0 Å². The van der Waals surface area contributed by atoms with Gasteiger partial charge in [0.05, 0.1) is 17.1 Å². The fourth-order valence-electron chi connectivity index (χ4n) is 13.6. The normalized spacial score (nSPS) is 27.0. The first-order valence-electron chi connectivity index (χ1n) is 27.5. The molecular formula is C70H63N4-. The molecule has 7 atom stereocenters. The molecular weight excluding hydrogens is 897 g/mol. The van der Waals surface area contributed by atoms with Gasteiger partial charge >= 0.3 is 0 Å². The lowest BCUT2D eigenvalue weighted by atomic mass is 9.79. The first-order chi connectivity index (χ1) is 36.7. The lowest BCUT2D eigenvalue weighted by Crippen LogP contribution is -2.45. The summed E-state index contributed by atoms with van der Waals surface area (Å²) in [6.45, 7) is 0. The minimum absolute atomic E-state index is 0.00985. The smallest absolute Gasteiger partial charge is 0.0588 e. The molecule has 0 amide bonds. The Hall–Kier alpha value is -7.66. The second-order valence-corrected chi connectivity index (χ2v) is 21.6. The number of fused-ring (bicyclic) bond motifs is 6. The summed E-state index contributed by atoms with van der Waals surface area (Å²) in [5.74, 6) is 1.25. The summed E-state index contributed by atoms with van der Waals surface area (Å²) in [6, 6.07) is 37.4. The molecule has 3 aliphatic heterocycles. The van der Waals surface area contributed by atoms with Gasteiger partial charge in [-0.15, -0.1) is 5.70 Å². The van der Waals surface area contributed by atoms with E-state index in [0.717, 1.165) is 63.5 Å². The number of benzene rings is 4. The lowest BCUT2D eigenvalue weighted by molar-refractivity contribution is 0.367. The molecule has 4 nitrogen and oxygen atoms in total. The molecule has 5 aromatic rings. The Balaban J connectivity index is 0.788. The van der Waals surface area contributed by atoms with Crippen LogP contribution in [0.5, 0.6) is 0 Å². The Labute approximate surface area is 437 Å². The zero-order valence-electron chi connectivity index (χ0n) is 42.1. The van der Waals surface area contributed by atoms with Crippen LogP contribution < -0.4 is 5.32 Å². The van der Waals surface area contributed by atoms with Crippen LogP contribution in [-0.4, -0.2) is 27.6 Å². The van der Waals surface area contributed by atoms with Gasteiger partial charge in [0.15, 0.2) is 0 Å². The zero-order valence-corrected chi connectivity index (χ0v) is 42.1. The van der Waals surface area contributed by atoms with Crippen molar-refractivity contribution >= 4 is 33.0 Å². The molecule has 4 aromatic carbocycles. The molecule has 9 aliphatic rings. The highest BCUT2D eigenvalue weighted by Crippen LogP contribution is 2.51. The van der Waals surface area contributed by atoms with Crippen molar-refractivity contribution in [3.05, 3.63) is 286 Å². The molecule has 4 heterocycles. The number of para-hydroxylation sites is 1. The molecule has 1 aromatic heterocycles. The van der Waals surface area contributed by atoms with Crippen molar-refractivity contribution < 1.29 is 0 Å². The van der Waals surface area contributed by atoms with E-state index < -0.39 is 0 Å². The third kappa shape index (κ3) is 8.30. The van der Waals surface area contributed by atoms with Crippen molar-refractivity contribution in [3.63, 3.8) is 0 Å². The molecule has 4 heteroatoms. The number of hydrogen-bond donors (Lipinski definition) is 1. The van der Waals surface area contributed by atoms with E-state index in [1.54, 1.807) is 0 Å². The fraction of sp³-hybridized carbons (Fsp3) is 0.229. The highest BCUT2D eigenvalue weighted by molar-refractivity contribution is 6.10. The summed E-state index contributed by atoms with van der Waals surface area (Å²) in [5.41, 5.74) is 19.9. The van der Waals surface area contributed by atoms with E-state index in [0.29, 0.717) is 29.8 Å². The van der Waals surface area contributed by atoms with Crippen molar-refractivity contribution in [1.29, 1.82) is 0 Å². The summed E-state index contributed by atoms with van der Waals surface area (Å²) < 4.78 is 2.51. The molecule has 364 valence electrons. The maximum atomic E-state index is 5.33. The van der Waals surface area contributed by atoms with Crippen LogP contribution in [0.2, 0.25) is 0 Å². The van der Waals surface area contributed by atoms with Crippen LogP contribution in [0, 0.1) is 17.8 Å². The summed E-state index contributed by atoms with van der Waals surface area (Å²) in [6.07, 6.45) is 58.9. The third-order valence-corrected chi connectivity index (χ3v) is 17.3. The second kappa shape index (κ2) is 19.3. The van der Waals surface area contributed by atoms with Gasteiger partial charge in [0.1, 0.15) is 0 Å². The van der Waals surface area contributed by atoms with Crippen LogP contribution in [0.25, 0.3) is 44.0 Å². The fourth-order valence-corrected chi connectivity index (χ4v) is 13.6. The number of nitrogens with zero attached hydrogens (tertiary/aromatic N) is 3. The van der Waals surface area contributed by atoms with Crippen LogP contribution in [0.4, 0.5) is 0 Å². The Morgan fingerprint density at radius 1 is 0.581 bits per heavy atom. The average Bonchev–Trinajstić information content (AvgIpc) is 4.00. The summed E-state index contributed by atoms with van der Waals surface area (Å²) >= 11 is 0. The molecule has 0 spiro atoms. The van der Waals surface area contributed by atoms with Crippen LogP contribution >= 0.6 is 0 Å². The summed E-state index contributed by atoms with van der Waals surface area (Å²) in [5, 5.41) is 12.0. The van der Waals surface area contributed by atoms with Crippen molar-refractivity contribution in [2.75, 3.05) is 0 Å². The molecule has 1 N–H and O–H groups in total. The van der Waals surface area contributed by atoms with Crippen LogP contribution in [0.15, 0.2) is 264 Å². The van der Waals surface area contributed by atoms with Crippen LogP contribution in [0.3, 0.4) is 0 Å². The number of likely N-dealkylation sites (tertiary alicyclic amines) is 1. The maximum absolute atomic E-state index is 5.33. The number of allylic oxidation sites excluding steroid dienone is 22. The lowest BCUT2D eigenvalue weighted by Gasteiger charge is -2.40. The molecule has 1 saturated heterocycles. The van der Waals surface area contributed by atoms with Gasteiger partial charge in [-0.05, 0) is 140 Å². The molecule has 7 unspecified atom stereocenters. The zero-order chi connectivity index (χ0) is 49.0. The predicted octanol–water partition coefficient (Wildman–Crippen LogP) is 16.8. The first-order valence-corrected chi connectivity index (χ1v) is 27.5. The Morgan fingerprint density at radius 3 is 2.31 bits per heavy atom. The molecule has 0 saturated carbocycles. The van der Waals surface area contributed by atoms with Gasteiger partial charge in [-0.3, -0.25) is 0 Å². The van der Waals surface area contributed by atoms with E-state index in [2.05, 4.69) is 239 Å². The monoisotopic (exact) mass is 960 g/mol. The minimum atomic E-state index is -0.00985. The standard InChI is InChI=1S/C70H63N4/c1-5-19-47(20-6-1)63-43-55(44-64(71-63)48-21-7-2-8-22-48)51-27-17-29-57(39-51)73-67-33-15-13-31-59(67)61-41-53(35-37-69(61)73)54-36-38-70-62(42-54)60-32-14-16-34-68(60)74(70)58-30-18-28-52(40-58)56-45-65(49-23-9-3-10-24-49)72-66(46-56)50-25-11-4-12-26-50/h1-7,9-11,13-17,19,21,23-25,27-29,31-41,43,45-47,60,62-65,68,71H,8,12,18,20,22,26,30,42,44H2/q-1. The van der Waals surface area contributed by atoms with Gasteiger partial charge in [0, 0.05) is 51.8 Å². The summed E-state index contributed by atoms with van der Waals surface area (Å²) in [4.78, 5) is 2.72. The van der Waals surface area contributed by atoms with Gasteiger partial charge in [-0.1, -0.05) is 205 Å². The molecule has 0 radical (unpaired) electrons.